The van der Waals surface area contributed by atoms with Crippen LogP contribution in [0.1, 0.15) is 52.8 Å². The summed E-state index contributed by atoms with van der Waals surface area (Å²) in [7, 11) is 1.70. The molecule has 4 aromatic rings. The van der Waals surface area contributed by atoms with E-state index in [4.69, 9.17) is 0 Å². The van der Waals surface area contributed by atoms with Crippen LogP contribution in [0.25, 0.3) is 11.1 Å². The number of aryl methyl sites for hydroxylation is 3. The first kappa shape index (κ1) is 24.2. The molecule has 0 saturated carbocycles. The lowest BCUT2D eigenvalue weighted by molar-refractivity contribution is 0.0964. The zero-order chi connectivity index (χ0) is 26.4. The molecular formula is C29H32N6O3. The summed E-state index contributed by atoms with van der Waals surface area (Å²) >= 11 is 0. The summed E-state index contributed by atoms with van der Waals surface area (Å²) in [6, 6.07) is 11.4. The Morgan fingerprint density at radius 3 is 2.74 bits per heavy atom. The van der Waals surface area contributed by atoms with Gasteiger partial charge in [-0.2, -0.15) is 5.10 Å². The molecule has 0 atom stereocenters. The van der Waals surface area contributed by atoms with Crippen molar-refractivity contribution in [3.63, 3.8) is 0 Å². The molecule has 3 N–H and O–H groups in total. The average Bonchev–Trinajstić information content (AvgIpc) is 3.55. The van der Waals surface area contributed by atoms with Gasteiger partial charge < -0.3 is 24.5 Å². The highest BCUT2D eigenvalue weighted by Crippen LogP contribution is 2.35. The number of nitrogens with one attached hydrogen (secondary N) is 2. The number of fused-ring (bicyclic) bond motifs is 3. The summed E-state index contributed by atoms with van der Waals surface area (Å²) in [5.41, 5.74) is 7.38. The third kappa shape index (κ3) is 4.03. The van der Waals surface area contributed by atoms with Gasteiger partial charge in [0, 0.05) is 54.9 Å². The number of anilines is 3. The summed E-state index contributed by atoms with van der Waals surface area (Å²) in [6.45, 7) is 3.07. The SMILES string of the molecule is CCc1cc(Nc2cc(-c3cccc(N4CCn5c(cc6c5CCCC6)C4=O)c3CO)cn(C)c2=O)n[nH]1. The largest absolute Gasteiger partial charge is 0.392 e. The molecule has 1 aliphatic carbocycles. The van der Waals surface area contributed by atoms with Crippen molar-refractivity contribution in [1.82, 2.24) is 19.3 Å². The van der Waals surface area contributed by atoms with Crippen LogP contribution in [0.4, 0.5) is 17.2 Å². The van der Waals surface area contributed by atoms with Crippen LogP contribution in [0.15, 0.2) is 47.4 Å². The third-order valence-corrected chi connectivity index (χ3v) is 7.79. The van der Waals surface area contributed by atoms with E-state index in [-0.39, 0.29) is 18.1 Å². The molecule has 6 rings (SSSR count). The molecule has 0 bridgehead atoms. The van der Waals surface area contributed by atoms with E-state index in [2.05, 4.69) is 26.1 Å². The normalized spacial score (nSPS) is 14.9. The van der Waals surface area contributed by atoms with Crippen LogP contribution in [0, 0.1) is 0 Å². The lowest BCUT2D eigenvalue weighted by atomic mass is 9.98. The van der Waals surface area contributed by atoms with Crippen molar-refractivity contribution in [2.75, 3.05) is 16.8 Å². The monoisotopic (exact) mass is 512 g/mol. The van der Waals surface area contributed by atoms with Crippen LogP contribution in [0.2, 0.25) is 0 Å². The maximum atomic E-state index is 13.7. The van der Waals surface area contributed by atoms with Gasteiger partial charge in [0.05, 0.1) is 12.3 Å². The molecule has 1 aliphatic heterocycles. The molecule has 38 heavy (non-hydrogen) atoms. The second-order valence-corrected chi connectivity index (χ2v) is 10.1. The molecule has 9 nitrogen and oxygen atoms in total. The number of hydrogen-bond acceptors (Lipinski definition) is 5. The molecule has 0 saturated heterocycles. The van der Waals surface area contributed by atoms with Gasteiger partial charge in [-0.3, -0.25) is 14.7 Å². The lowest BCUT2D eigenvalue weighted by Gasteiger charge is -2.31. The van der Waals surface area contributed by atoms with Crippen molar-refractivity contribution < 1.29 is 9.90 Å². The van der Waals surface area contributed by atoms with Gasteiger partial charge in [-0.05, 0) is 61.4 Å². The lowest BCUT2D eigenvalue weighted by Crippen LogP contribution is -2.41. The first-order chi connectivity index (χ1) is 18.5. The summed E-state index contributed by atoms with van der Waals surface area (Å²) in [5.74, 6) is 0.530. The smallest absolute Gasteiger partial charge is 0.274 e. The first-order valence-electron chi connectivity index (χ1n) is 13.3. The molecule has 9 heteroatoms. The Morgan fingerprint density at radius 2 is 1.95 bits per heavy atom. The maximum absolute atomic E-state index is 13.7. The van der Waals surface area contributed by atoms with E-state index in [0.29, 0.717) is 29.3 Å². The second-order valence-electron chi connectivity index (χ2n) is 10.1. The number of hydrogen-bond donors (Lipinski definition) is 3. The molecule has 0 spiro atoms. The molecule has 3 aromatic heterocycles. The van der Waals surface area contributed by atoms with Crippen molar-refractivity contribution in [3.8, 4) is 11.1 Å². The Labute approximate surface area is 220 Å². The number of aliphatic hydroxyl groups excluding tert-OH is 1. The van der Waals surface area contributed by atoms with Gasteiger partial charge in [-0.1, -0.05) is 19.1 Å². The minimum absolute atomic E-state index is 0.0365. The van der Waals surface area contributed by atoms with Gasteiger partial charge in [0.25, 0.3) is 11.5 Å². The Bertz CT molecular complexity index is 1590. The highest BCUT2D eigenvalue weighted by Gasteiger charge is 2.31. The number of aromatic nitrogens is 4. The van der Waals surface area contributed by atoms with Gasteiger partial charge in [0.2, 0.25) is 0 Å². The minimum Gasteiger partial charge on any atom is -0.392 e. The highest BCUT2D eigenvalue weighted by molar-refractivity contribution is 6.07. The van der Waals surface area contributed by atoms with Gasteiger partial charge in [-0.15, -0.1) is 0 Å². The van der Waals surface area contributed by atoms with Crippen LogP contribution in [-0.2, 0) is 39.5 Å². The third-order valence-electron chi connectivity index (χ3n) is 7.79. The quantitative estimate of drug-likeness (QED) is 0.363. The number of amides is 1. The predicted octanol–water partition coefficient (Wildman–Crippen LogP) is 3.91. The number of H-pyrrole nitrogens is 1. The molecule has 196 valence electrons. The fraction of sp³-hybridized carbons (Fsp3) is 0.345. The molecular weight excluding hydrogens is 480 g/mol. The zero-order valence-corrected chi connectivity index (χ0v) is 21.8. The molecule has 0 unspecified atom stereocenters. The minimum atomic E-state index is -0.238. The predicted molar refractivity (Wildman–Crippen MR) is 147 cm³/mol. The van der Waals surface area contributed by atoms with Crippen molar-refractivity contribution in [1.29, 1.82) is 0 Å². The van der Waals surface area contributed by atoms with Crippen molar-refractivity contribution in [2.45, 2.75) is 52.2 Å². The summed E-state index contributed by atoms with van der Waals surface area (Å²) in [6.07, 6.45) is 6.96. The Hall–Kier alpha value is -4.11. The molecule has 2 aliphatic rings. The van der Waals surface area contributed by atoms with Crippen molar-refractivity contribution >= 4 is 23.1 Å². The van der Waals surface area contributed by atoms with Crippen molar-refractivity contribution in [2.24, 2.45) is 7.05 Å². The van der Waals surface area contributed by atoms with E-state index in [0.717, 1.165) is 48.3 Å². The summed E-state index contributed by atoms with van der Waals surface area (Å²) in [4.78, 5) is 28.4. The fourth-order valence-electron chi connectivity index (χ4n) is 5.82. The molecule has 0 fully saturated rings. The van der Waals surface area contributed by atoms with Gasteiger partial charge in [-0.25, -0.2) is 0 Å². The van der Waals surface area contributed by atoms with E-state index in [1.54, 1.807) is 24.2 Å². The van der Waals surface area contributed by atoms with Gasteiger partial charge in [0.15, 0.2) is 5.82 Å². The van der Waals surface area contributed by atoms with Gasteiger partial charge >= 0.3 is 0 Å². The molecule has 0 radical (unpaired) electrons. The standard InChI is InChI=1S/C29H32N6O3/c1-3-20-15-27(32-31-20)30-23-13-19(16-33(2)28(23)37)21-8-6-10-25(22(21)17-36)35-12-11-34-24-9-5-4-7-18(24)14-26(34)29(35)38/h6,8,10,13-16,36H,3-5,7,9,11-12,17H2,1-2H3,(H2,30,31,32). The topological polar surface area (TPSA) is 108 Å². The second kappa shape index (κ2) is 9.64. The number of benzene rings is 1. The highest BCUT2D eigenvalue weighted by atomic mass is 16.3. The van der Waals surface area contributed by atoms with Crippen LogP contribution in [-0.4, -0.2) is 36.9 Å². The Balaban J connectivity index is 1.38. The van der Waals surface area contributed by atoms with E-state index in [9.17, 15) is 14.7 Å². The summed E-state index contributed by atoms with van der Waals surface area (Å²) in [5, 5.41) is 20.8. The number of pyridine rings is 1. The number of nitrogens with zero attached hydrogens (tertiary/aromatic N) is 4. The number of carbonyl (C=O) groups excluding carboxylic acids is 1. The first-order valence-corrected chi connectivity index (χ1v) is 13.3. The number of rotatable bonds is 6. The zero-order valence-electron chi connectivity index (χ0n) is 21.8. The number of aliphatic hydroxyl groups is 1. The van der Waals surface area contributed by atoms with E-state index >= 15 is 0 Å². The summed E-state index contributed by atoms with van der Waals surface area (Å²) < 4.78 is 3.71. The van der Waals surface area contributed by atoms with Gasteiger partial charge in [0.1, 0.15) is 11.4 Å². The van der Waals surface area contributed by atoms with E-state index < -0.39 is 0 Å². The fourth-order valence-corrected chi connectivity index (χ4v) is 5.82. The number of aromatic amines is 1. The number of carbonyl (C=O) groups is 1. The Kier molecular flexibility index (Phi) is 6.15. The Morgan fingerprint density at radius 1 is 1.11 bits per heavy atom. The van der Waals surface area contributed by atoms with Crippen LogP contribution >= 0.6 is 0 Å². The average molecular weight is 513 g/mol. The molecule has 1 aromatic carbocycles. The maximum Gasteiger partial charge on any atom is 0.274 e. The van der Waals surface area contributed by atoms with Crippen LogP contribution in [0.3, 0.4) is 0 Å². The van der Waals surface area contributed by atoms with E-state index in [1.807, 2.05) is 31.2 Å². The van der Waals surface area contributed by atoms with Crippen molar-refractivity contribution in [3.05, 3.63) is 81.2 Å². The molecule has 4 heterocycles. The van der Waals surface area contributed by atoms with Crippen LogP contribution in [0.5, 0.6) is 0 Å². The van der Waals surface area contributed by atoms with Crippen LogP contribution < -0.4 is 15.8 Å². The molecule has 1 amide bonds. The van der Waals surface area contributed by atoms with E-state index in [1.165, 1.54) is 28.7 Å².